The maximum Gasteiger partial charge on any atom is 0.251 e. The van der Waals surface area contributed by atoms with Gasteiger partial charge < -0.3 is 20.5 Å². The summed E-state index contributed by atoms with van der Waals surface area (Å²) in [5, 5.41) is 16.6. The second kappa shape index (κ2) is 8.11. The summed E-state index contributed by atoms with van der Waals surface area (Å²) in [6.07, 6.45) is 1.86. The first-order chi connectivity index (χ1) is 13.1. The third kappa shape index (κ3) is 3.28. The van der Waals surface area contributed by atoms with Crippen LogP contribution >= 0.6 is 12.4 Å². The molecule has 5 nitrogen and oxygen atoms in total. The van der Waals surface area contributed by atoms with Crippen LogP contribution in [0.3, 0.4) is 0 Å². The maximum absolute atomic E-state index is 12.9. The highest BCUT2D eigenvalue weighted by Gasteiger charge is 2.53. The van der Waals surface area contributed by atoms with Crippen LogP contribution < -0.4 is 10.6 Å². The number of hydrogen-bond donors (Lipinski definition) is 3. The van der Waals surface area contributed by atoms with Crippen LogP contribution in [0.2, 0.25) is 0 Å². The van der Waals surface area contributed by atoms with Crippen molar-refractivity contribution in [3.05, 3.63) is 64.7 Å². The Labute approximate surface area is 171 Å². The molecule has 0 unspecified atom stereocenters. The average Bonchev–Trinajstić information content (AvgIpc) is 2.93. The summed E-state index contributed by atoms with van der Waals surface area (Å²) in [6.45, 7) is 3.70. The molecule has 2 atom stereocenters. The summed E-state index contributed by atoms with van der Waals surface area (Å²) < 4.78 is 5.99. The van der Waals surface area contributed by atoms with Crippen LogP contribution in [0.5, 0.6) is 5.75 Å². The number of nitrogens with one attached hydrogen (secondary N) is 2. The predicted octanol–water partition coefficient (Wildman–Crippen LogP) is 3.24. The van der Waals surface area contributed by atoms with Crippen molar-refractivity contribution in [2.75, 3.05) is 20.2 Å². The molecule has 6 heteroatoms. The first kappa shape index (κ1) is 20.6. The molecule has 1 heterocycles. The highest BCUT2D eigenvalue weighted by atomic mass is 35.5. The molecule has 28 heavy (non-hydrogen) atoms. The van der Waals surface area contributed by atoms with Crippen LogP contribution in [0.15, 0.2) is 42.5 Å². The number of benzene rings is 2. The van der Waals surface area contributed by atoms with Gasteiger partial charge in [0.2, 0.25) is 0 Å². The Morgan fingerprint density at radius 2 is 1.93 bits per heavy atom. The monoisotopic (exact) mass is 402 g/mol. The Morgan fingerprint density at radius 3 is 2.61 bits per heavy atom. The number of phenolic OH excluding ortho intramolecular Hbond substituents is 1. The molecular formula is C22H27ClN2O3. The Kier molecular flexibility index (Phi) is 5.98. The Balaban J connectivity index is 0.00000225. The summed E-state index contributed by atoms with van der Waals surface area (Å²) in [5.41, 5.74) is 3.55. The molecule has 2 aliphatic rings. The zero-order valence-corrected chi connectivity index (χ0v) is 17.0. The van der Waals surface area contributed by atoms with Crippen LogP contribution in [-0.4, -0.2) is 37.3 Å². The highest BCUT2D eigenvalue weighted by molar-refractivity contribution is 5.95. The van der Waals surface area contributed by atoms with E-state index in [9.17, 15) is 9.90 Å². The van der Waals surface area contributed by atoms with Crippen molar-refractivity contribution in [2.45, 2.75) is 37.3 Å². The van der Waals surface area contributed by atoms with E-state index in [1.54, 1.807) is 19.2 Å². The molecule has 1 amide bonds. The van der Waals surface area contributed by atoms with E-state index in [-0.39, 0.29) is 41.6 Å². The van der Waals surface area contributed by atoms with Gasteiger partial charge in [0.05, 0.1) is 12.1 Å². The van der Waals surface area contributed by atoms with Gasteiger partial charge in [-0.05, 0) is 61.7 Å². The van der Waals surface area contributed by atoms with Gasteiger partial charge in [0.1, 0.15) is 5.75 Å². The van der Waals surface area contributed by atoms with Crippen LogP contribution in [0.1, 0.15) is 45.9 Å². The number of aromatic hydroxyl groups is 1. The molecule has 1 aliphatic carbocycles. The number of halogens is 1. The number of fused-ring (bicyclic) bond motifs is 2. The summed E-state index contributed by atoms with van der Waals surface area (Å²) >= 11 is 0. The van der Waals surface area contributed by atoms with Crippen molar-refractivity contribution < 1.29 is 14.6 Å². The summed E-state index contributed by atoms with van der Waals surface area (Å²) in [4.78, 5) is 12.9. The van der Waals surface area contributed by atoms with Crippen LogP contribution in [0.25, 0.3) is 0 Å². The van der Waals surface area contributed by atoms with Gasteiger partial charge >= 0.3 is 0 Å². The molecule has 1 saturated heterocycles. The highest BCUT2D eigenvalue weighted by Crippen LogP contribution is 2.51. The number of carbonyl (C=O) groups is 1. The van der Waals surface area contributed by atoms with Crippen molar-refractivity contribution in [3.63, 3.8) is 0 Å². The van der Waals surface area contributed by atoms with E-state index in [1.165, 1.54) is 11.6 Å². The summed E-state index contributed by atoms with van der Waals surface area (Å²) in [7, 11) is 1.73. The fourth-order valence-corrected chi connectivity index (χ4v) is 4.77. The summed E-state index contributed by atoms with van der Waals surface area (Å²) in [5.74, 6) is -0.0641. The number of rotatable bonds is 3. The molecule has 1 spiro atoms. The van der Waals surface area contributed by atoms with Gasteiger partial charge in [-0.1, -0.05) is 30.3 Å². The minimum Gasteiger partial charge on any atom is -0.508 e. The molecule has 0 aromatic heterocycles. The predicted molar refractivity (Wildman–Crippen MR) is 111 cm³/mol. The third-order valence-corrected chi connectivity index (χ3v) is 6.19. The van der Waals surface area contributed by atoms with Gasteiger partial charge in [0.15, 0.2) is 0 Å². The number of phenols is 1. The average molecular weight is 403 g/mol. The van der Waals surface area contributed by atoms with Crippen molar-refractivity contribution in [3.8, 4) is 5.75 Å². The van der Waals surface area contributed by atoms with E-state index < -0.39 is 0 Å². The van der Waals surface area contributed by atoms with Gasteiger partial charge in [-0.2, -0.15) is 0 Å². The molecule has 2 aromatic rings. The molecule has 150 valence electrons. The quantitative estimate of drug-likeness (QED) is 0.737. The minimum atomic E-state index is -0.208. The number of aryl methyl sites for hydroxylation is 1. The lowest BCUT2D eigenvalue weighted by molar-refractivity contribution is 0.00396. The van der Waals surface area contributed by atoms with Gasteiger partial charge in [-0.15, -0.1) is 12.4 Å². The lowest BCUT2D eigenvalue weighted by atomic mass is 9.72. The number of ether oxygens (including phenoxy) is 1. The molecule has 0 radical (unpaired) electrons. The topological polar surface area (TPSA) is 70.6 Å². The lowest BCUT2D eigenvalue weighted by Gasteiger charge is -2.40. The van der Waals surface area contributed by atoms with Crippen molar-refractivity contribution in [1.29, 1.82) is 0 Å². The molecule has 1 fully saturated rings. The second-order valence-corrected chi connectivity index (χ2v) is 7.60. The molecular weight excluding hydrogens is 376 g/mol. The fourth-order valence-electron chi connectivity index (χ4n) is 4.77. The molecule has 4 rings (SSSR count). The lowest BCUT2D eigenvalue weighted by Crippen LogP contribution is -2.49. The van der Waals surface area contributed by atoms with E-state index in [0.717, 1.165) is 37.1 Å². The molecule has 0 bridgehead atoms. The maximum atomic E-state index is 12.9. The van der Waals surface area contributed by atoms with Crippen LogP contribution in [-0.2, 0) is 10.2 Å². The molecule has 2 aromatic carbocycles. The van der Waals surface area contributed by atoms with E-state index in [2.05, 4.69) is 28.8 Å². The minimum absolute atomic E-state index is 0. The SMILES string of the molecule is CO[C@H]1[C@H](NC(=O)c2ccc(C)c(O)c2)c2ccccc2C12CCNCC2.Cl. The van der Waals surface area contributed by atoms with Crippen LogP contribution in [0.4, 0.5) is 0 Å². The Bertz CT molecular complexity index is 865. The van der Waals surface area contributed by atoms with E-state index in [1.807, 2.05) is 13.0 Å². The number of methoxy groups -OCH3 is 1. The van der Waals surface area contributed by atoms with Crippen molar-refractivity contribution in [1.82, 2.24) is 10.6 Å². The van der Waals surface area contributed by atoms with Crippen molar-refractivity contribution in [2.24, 2.45) is 0 Å². The standard InChI is InChI=1S/C22H26N2O3.ClH/c1-14-7-8-15(13-18(14)25)21(26)24-19-16-5-3-4-6-17(16)22(20(19)27-2)9-11-23-12-10-22;/h3-8,13,19-20,23,25H,9-12H2,1-2H3,(H,24,26);1H/t19-,20+;/m1./s1. The molecule has 0 saturated carbocycles. The van der Waals surface area contributed by atoms with E-state index in [4.69, 9.17) is 4.74 Å². The van der Waals surface area contributed by atoms with Gasteiger partial charge in [-0.25, -0.2) is 0 Å². The first-order valence-electron chi connectivity index (χ1n) is 9.50. The smallest absolute Gasteiger partial charge is 0.251 e. The van der Waals surface area contributed by atoms with Crippen molar-refractivity contribution >= 4 is 18.3 Å². The Morgan fingerprint density at radius 1 is 1.21 bits per heavy atom. The van der Waals surface area contributed by atoms with Gasteiger partial charge in [0, 0.05) is 18.1 Å². The zero-order valence-electron chi connectivity index (χ0n) is 16.2. The second-order valence-electron chi connectivity index (χ2n) is 7.60. The normalized spacial score (nSPS) is 22.4. The summed E-state index contributed by atoms with van der Waals surface area (Å²) in [6, 6.07) is 13.2. The third-order valence-electron chi connectivity index (χ3n) is 6.19. The van der Waals surface area contributed by atoms with E-state index >= 15 is 0 Å². The largest absolute Gasteiger partial charge is 0.508 e. The fraction of sp³-hybridized carbons (Fsp3) is 0.409. The first-order valence-corrected chi connectivity index (χ1v) is 9.50. The molecule has 1 aliphatic heterocycles. The van der Waals surface area contributed by atoms with E-state index in [0.29, 0.717) is 5.56 Å². The Hall–Kier alpha value is -2.08. The number of hydrogen-bond acceptors (Lipinski definition) is 4. The molecule has 3 N–H and O–H groups in total. The zero-order chi connectivity index (χ0) is 19.0. The van der Waals surface area contributed by atoms with Gasteiger partial charge in [0.25, 0.3) is 5.91 Å². The van der Waals surface area contributed by atoms with Gasteiger partial charge in [-0.3, -0.25) is 4.79 Å². The number of piperidine rings is 1. The number of amides is 1. The van der Waals surface area contributed by atoms with Crippen LogP contribution in [0, 0.1) is 6.92 Å². The number of carbonyl (C=O) groups excluding carboxylic acids is 1.